The lowest BCUT2D eigenvalue weighted by Crippen LogP contribution is -2.07. The number of aromatic nitrogens is 1. The van der Waals surface area contributed by atoms with Crippen LogP contribution in [0.15, 0.2) is 60.7 Å². The molecule has 1 heterocycles. The monoisotopic (exact) mass is 264 g/mol. The van der Waals surface area contributed by atoms with Crippen molar-refractivity contribution in [1.29, 1.82) is 0 Å². The van der Waals surface area contributed by atoms with E-state index >= 15 is 0 Å². The summed E-state index contributed by atoms with van der Waals surface area (Å²) in [4.78, 5) is 4.63. The molecule has 100 valence electrons. The molecule has 0 aliphatic carbocycles. The van der Waals surface area contributed by atoms with Crippen molar-refractivity contribution in [1.82, 2.24) is 10.3 Å². The second-order valence-corrected chi connectivity index (χ2v) is 4.59. The molecule has 0 aliphatic heterocycles. The highest BCUT2D eigenvalue weighted by atomic mass is 16.5. The number of nitrogens with one attached hydrogen (secondary N) is 1. The smallest absolute Gasteiger partial charge is 0.224 e. The summed E-state index contributed by atoms with van der Waals surface area (Å²) in [5.41, 5.74) is 1.99. The first-order valence-corrected chi connectivity index (χ1v) is 6.63. The number of hydrogen-bond acceptors (Lipinski definition) is 3. The first-order valence-electron chi connectivity index (χ1n) is 6.63. The zero-order valence-corrected chi connectivity index (χ0v) is 11.3. The molecule has 3 heteroatoms. The van der Waals surface area contributed by atoms with Crippen LogP contribution in [-0.4, -0.2) is 12.0 Å². The van der Waals surface area contributed by atoms with Gasteiger partial charge in [0.1, 0.15) is 5.75 Å². The number of hydrogen-bond donors (Lipinski definition) is 1. The van der Waals surface area contributed by atoms with Gasteiger partial charge < -0.3 is 10.1 Å². The highest BCUT2D eigenvalue weighted by Gasteiger charge is 2.08. The zero-order valence-electron chi connectivity index (χ0n) is 11.3. The van der Waals surface area contributed by atoms with E-state index in [0.29, 0.717) is 5.88 Å². The van der Waals surface area contributed by atoms with Gasteiger partial charge in [0.15, 0.2) is 0 Å². The van der Waals surface area contributed by atoms with Crippen LogP contribution in [0.2, 0.25) is 0 Å². The van der Waals surface area contributed by atoms with E-state index in [9.17, 15) is 0 Å². The van der Waals surface area contributed by atoms with E-state index in [0.717, 1.165) is 28.8 Å². The maximum Gasteiger partial charge on any atom is 0.224 e. The second-order valence-electron chi connectivity index (χ2n) is 4.59. The van der Waals surface area contributed by atoms with Gasteiger partial charge in [0.25, 0.3) is 0 Å². The Morgan fingerprint density at radius 2 is 1.75 bits per heavy atom. The summed E-state index contributed by atoms with van der Waals surface area (Å²) < 4.78 is 5.92. The summed E-state index contributed by atoms with van der Waals surface area (Å²) >= 11 is 0. The Balaban J connectivity index is 2.05. The van der Waals surface area contributed by atoms with E-state index < -0.39 is 0 Å². The number of pyridine rings is 1. The van der Waals surface area contributed by atoms with Gasteiger partial charge in [-0.3, -0.25) is 0 Å². The van der Waals surface area contributed by atoms with Crippen LogP contribution in [0.1, 0.15) is 5.56 Å². The molecule has 1 aromatic heterocycles. The third-order valence-electron chi connectivity index (χ3n) is 3.09. The third kappa shape index (κ3) is 2.63. The molecule has 0 fully saturated rings. The highest BCUT2D eigenvalue weighted by molar-refractivity contribution is 5.80. The molecule has 0 saturated carbocycles. The fraction of sp³-hybridized carbons (Fsp3) is 0.118. The molecule has 0 atom stereocenters. The van der Waals surface area contributed by atoms with Crippen LogP contribution in [0.4, 0.5) is 0 Å². The molecule has 3 nitrogen and oxygen atoms in total. The minimum absolute atomic E-state index is 0.657. The Morgan fingerprint density at radius 3 is 2.55 bits per heavy atom. The molecule has 0 aliphatic rings. The number of fused-ring (bicyclic) bond motifs is 1. The van der Waals surface area contributed by atoms with Crippen LogP contribution in [0.5, 0.6) is 11.6 Å². The van der Waals surface area contributed by atoms with Gasteiger partial charge in [0.2, 0.25) is 5.88 Å². The van der Waals surface area contributed by atoms with Crippen molar-refractivity contribution < 1.29 is 4.74 Å². The Hall–Kier alpha value is -2.39. The van der Waals surface area contributed by atoms with Crippen molar-refractivity contribution in [3.05, 3.63) is 66.2 Å². The molecule has 0 saturated heterocycles. The van der Waals surface area contributed by atoms with Crippen molar-refractivity contribution >= 4 is 10.9 Å². The topological polar surface area (TPSA) is 34.2 Å². The quantitative estimate of drug-likeness (QED) is 0.779. The molecule has 0 spiro atoms. The van der Waals surface area contributed by atoms with Crippen molar-refractivity contribution in [2.24, 2.45) is 0 Å². The van der Waals surface area contributed by atoms with E-state index in [1.807, 2.05) is 55.6 Å². The SMILES string of the molecule is CNCc1cc2ccccc2nc1Oc1ccccc1. The number of rotatable bonds is 4. The van der Waals surface area contributed by atoms with Crippen molar-refractivity contribution in [2.75, 3.05) is 7.05 Å². The minimum atomic E-state index is 0.657. The molecule has 0 bridgehead atoms. The summed E-state index contributed by atoms with van der Waals surface area (Å²) in [7, 11) is 1.92. The lowest BCUT2D eigenvalue weighted by atomic mass is 10.1. The maximum atomic E-state index is 5.92. The van der Waals surface area contributed by atoms with Crippen LogP contribution in [-0.2, 0) is 6.54 Å². The molecule has 3 aromatic rings. The van der Waals surface area contributed by atoms with Gasteiger partial charge in [0, 0.05) is 17.5 Å². The zero-order chi connectivity index (χ0) is 13.8. The lowest BCUT2D eigenvalue weighted by Gasteiger charge is -2.11. The van der Waals surface area contributed by atoms with Gasteiger partial charge in [-0.2, -0.15) is 0 Å². The number of nitrogens with zero attached hydrogens (tertiary/aromatic N) is 1. The molecule has 0 radical (unpaired) electrons. The lowest BCUT2D eigenvalue weighted by molar-refractivity contribution is 0.456. The standard InChI is InChI=1S/C17H16N2O/c1-18-12-14-11-13-7-5-6-10-16(13)19-17(14)20-15-8-3-2-4-9-15/h2-11,18H,12H2,1H3. The fourth-order valence-electron chi connectivity index (χ4n) is 2.15. The molecular formula is C17H16N2O. The molecule has 20 heavy (non-hydrogen) atoms. The molecule has 2 aromatic carbocycles. The largest absolute Gasteiger partial charge is 0.439 e. The normalized spacial score (nSPS) is 10.7. The molecule has 1 N–H and O–H groups in total. The third-order valence-corrected chi connectivity index (χ3v) is 3.09. The van der Waals surface area contributed by atoms with Crippen LogP contribution in [0, 0.1) is 0 Å². The van der Waals surface area contributed by atoms with Crippen LogP contribution in [0.25, 0.3) is 10.9 Å². The summed E-state index contributed by atoms with van der Waals surface area (Å²) in [6.45, 7) is 0.722. The summed E-state index contributed by atoms with van der Waals surface area (Å²) in [5, 5.41) is 4.28. The average molecular weight is 264 g/mol. The van der Waals surface area contributed by atoms with Gasteiger partial charge in [-0.1, -0.05) is 36.4 Å². The molecular weight excluding hydrogens is 248 g/mol. The molecule has 3 rings (SSSR count). The van der Waals surface area contributed by atoms with Crippen LogP contribution < -0.4 is 10.1 Å². The van der Waals surface area contributed by atoms with Gasteiger partial charge >= 0.3 is 0 Å². The summed E-state index contributed by atoms with van der Waals surface area (Å²) in [6.07, 6.45) is 0. The van der Waals surface area contributed by atoms with E-state index in [1.54, 1.807) is 0 Å². The number of benzene rings is 2. The highest BCUT2D eigenvalue weighted by Crippen LogP contribution is 2.26. The van der Waals surface area contributed by atoms with E-state index in [1.165, 1.54) is 0 Å². The van der Waals surface area contributed by atoms with Crippen molar-refractivity contribution in [2.45, 2.75) is 6.54 Å². The van der Waals surface area contributed by atoms with Crippen LogP contribution in [0.3, 0.4) is 0 Å². The number of para-hydroxylation sites is 2. The van der Waals surface area contributed by atoms with E-state index in [-0.39, 0.29) is 0 Å². The van der Waals surface area contributed by atoms with Crippen LogP contribution >= 0.6 is 0 Å². The minimum Gasteiger partial charge on any atom is -0.439 e. The van der Waals surface area contributed by atoms with Crippen molar-refractivity contribution in [3.8, 4) is 11.6 Å². The summed E-state index contributed by atoms with van der Waals surface area (Å²) in [6, 6.07) is 19.9. The predicted molar refractivity (Wildman–Crippen MR) is 81.0 cm³/mol. The molecule has 0 unspecified atom stereocenters. The van der Waals surface area contributed by atoms with Gasteiger partial charge in [0.05, 0.1) is 5.52 Å². The Morgan fingerprint density at radius 1 is 1.00 bits per heavy atom. The average Bonchev–Trinajstić information content (AvgIpc) is 2.49. The van der Waals surface area contributed by atoms with E-state index in [2.05, 4.69) is 22.4 Å². The van der Waals surface area contributed by atoms with Gasteiger partial charge in [-0.05, 0) is 31.3 Å². The first-order chi connectivity index (χ1) is 9.86. The Labute approximate surface area is 118 Å². The van der Waals surface area contributed by atoms with E-state index in [4.69, 9.17) is 4.74 Å². The van der Waals surface area contributed by atoms with Gasteiger partial charge in [-0.15, -0.1) is 0 Å². The summed E-state index contributed by atoms with van der Waals surface area (Å²) in [5.74, 6) is 1.46. The van der Waals surface area contributed by atoms with Crippen molar-refractivity contribution in [3.63, 3.8) is 0 Å². The number of ether oxygens (including phenoxy) is 1. The maximum absolute atomic E-state index is 5.92. The Kier molecular flexibility index (Phi) is 3.61. The first kappa shape index (κ1) is 12.6. The fourth-order valence-corrected chi connectivity index (χ4v) is 2.15. The predicted octanol–water partition coefficient (Wildman–Crippen LogP) is 3.75. The molecule has 0 amide bonds. The second kappa shape index (κ2) is 5.72. The Bertz CT molecular complexity index is 711. The van der Waals surface area contributed by atoms with Gasteiger partial charge in [-0.25, -0.2) is 4.98 Å².